The zero-order chi connectivity index (χ0) is 13.2. The van der Waals surface area contributed by atoms with Crippen LogP contribution in [-0.2, 0) is 9.92 Å². The van der Waals surface area contributed by atoms with Gasteiger partial charge in [-0.3, -0.25) is 4.03 Å². The van der Waals surface area contributed by atoms with Crippen LogP contribution in [0.5, 0.6) is 0 Å². The van der Waals surface area contributed by atoms with E-state index in [0.29, 0.717) is 4.91 Å². The lowest BCUT2D eigenvalue weighted by Gasteiger charge is -2.32. The van der Waals surface area contributed by atoms with E-state index in [9.17, 15) is 4.21 Å². The van der Waals surface area contributed by atoms with Gasteiger partial charge in [0.05, 0.1) is 0 Å². The molecule has 0 aromatic heterocycles. The molecule has 0 aromatic carbocycles. The first-order valence-corrected chi connectivity index (χ1v) is 9.82. The molecule has 0 saturated carbocycles. The standard InChI is InChI=1S/C11H24N2OSSi/c1-8-9-10(2)15(12,14)13-16(6,7)11(3,4)5/h8-9H,1H2,2-7H3,(H2,12,13,14)/b10-9+. The van der Waals surface area contributed by atoms with Gasteiger partial charge in [0.25, 0.3) is 0 Å². The van der Waals surface area contributed by atoms with Gasteiger partial charge in [0, 0.05) is 4.91 Å². The van der Waals surface area contributed by atoms with Crippen LogP contribution in [0, 0.1) is 0 Å². The number of nitrogens with two attached hydrogens (primary N) is 1. The first kappa shape index (κ1) is 15.6. The van der Waals surface area contributed by atoms with E-state index in [1.807, 2.05) is 0 Å². The second-order valence-corrected chi connectivity index (χ2v) is 12.6. The van der Waals surface area contributed by atoms with Crippen LogP contribution in [-0.4, -0.2) is 12.4 Å². The average molecular weight is 260 g/mol. The monoisotopic (exact) mass is 260 g/mol. The molecule has 1 atom stereocenters. The highest BCUT2D eigenvalue weighted by Gasteiger charge is 2.37. The van der Waals surface area contributed by atoms with E-state index in [2.05, 4.69) is 44.5 Å². The van der Waals surface area contributed by atoms with Gasteiger partial charge in [-0.25, -0.2) is 9.35 Å². The minimum Gasteiger partial charge on any atom is -0.262 e. The van der Waals surface area contributed by atoms with Crippen molar-refractivity contribution in [1.29, 1.82) is 0 Å². The highest BCUT2D eigenvalue weighted by atomic mass is 32.2. The molecule has 94 valence electrons. The Morgan fingerprint density at radius 1 is 1.44 bits per heavy atom. The minimum absolute atomic E-state index is 0.0451. The second kappa shape index (κ2) is 4.85. The number of hydrogen-bond donors (Lipinski definition) is 1. The van der Waals surface area contributed by atoms with Gasteiger partial charge >= 0.3 is 0 Å². The molecule has 3 nitrogen and oxygen atoms in total. The quantitative estimate of drug-likeness (QED) is 0.613. The predicted octanol–water partition coefficient (Wildman–Crippen LogP) is 3.42. The van der Waals surface area contributed by atoms with Crippen LogP contribution < -0.4 is 5.14 Å². The third-order valence-corrected chi connectivity index (χ3v) is 10.7. The Morgan fingerprint density at radius 2 is 1.88 bits per heavy atom. The predicted molar refractivity (Wildman–Crippen MR) is 75.9 cm³/mol. The molecular weight excluding hydrogens is 236 g/mol. The molecule has 16 heavy (non-hydrogen) atoms. The molecule has 0 aliphatic carbocycles. The summed E-state index contributed by atoms with van der Waals surface area (Å²) in [7, 11) is -4.72. The summed E-state index contributed by atoms with van der Waals surface area (Å²) in [6.07, 6.45) is 3.25. The summed E-state index contributed by atoms with van der Waals surface area (Å²) in [5.41, 5.74) is 0. The number of rotatable bonds is 3. The number of allylic oxidation sites excluding steroid dienone is 3. The molecule has 1 unspecified atom stereocenters. The summed E-state index contributed by atoms with van der Waals surface area (Å²) >= 11 is 0. The topological polar surface area (TPSA) is 55.5 Å². The van der Waals surface area contributed by atoms with Crippen LogP contribution in [0.25, 0.3) is 0 Å². The average Bonchev–Trinajstić information content (AvgIpc) is 2.00. The zero-order valence-electron chi connectivity index (χ0n) is 11.2. The van der Waals surface area contributed by atoms with E-state index in [0.717, 1.165) is 0 Å². The van der Waals surface area contributed by atoms with Crippen LogP contribution in [0.3, 0.4) is 0 Å². The first-order valence-electron chi connectivity index (χ1n) is 5.29. The van der Waals surface area contributed by atoms with E-state index >= 15 is 0 Å². The van der Waals surface area contributed by atoms with E-state index in [1.54, 1.807) is 19.1 Å². The van der Waals surface area contributed by atoms with Gasteiger partial charge in [0.2, 0.25) is 0 Å². The molecule has 0 aliphatic rings. The molecule has 0 saturated heterocycles. The Hall–Kier alpha value is -0.393. The van der Waals surface area contributed by atoms with E-state index in [1.165, 1.54) is 0 Å². The lowest BCUT2D eigenvalue weighted by Crippen LogP contribution is -2.37. The van der Waals surface area contributed by atoms with Crippen molar-refractivity contribution in [2.45, 2.75) is 45.8 Å². The Kier molecular flexibility index (Phi) is 4.73. The molecule has 0 spiro atoms. The smallest absolute Gasteiger partial charge is 0.194 e. The zero-order valence-corrected chi connectivity index (χ0v) is 13.0. The molecule has 0 fully saturated rings. The van der Waals surface area contributed by atoms with Crippen LogP contribution >= 0.6 is 0 Å². The molecule has 0 heterocycles. The Balaban J connectivity index is 5.58. The fourth-order valence-corrected chi connectivity index (χ4v) is 5.49. The molecule has 0 rings (SSSR count). The Bertz CT molecular complexity index is 410. The molecule has 0 amide bonds. The summed E-state index contributed by atoms with van der Waals surface area (Å²) in [6, 6.07) is 0. The van der Waals surface area contributed by atoms with Gasteiger partial charge in [-0.15, -0.1) is 0 Å². The van der Waals surface area contributed by atoms with Gasteiger partial charge in [-0.1, -0.05) is 33.4 Å². The van der Waals surface area contributed by atoms with Gasteiger partial charge in [0.15, 0.2) is 8.24 Å². The SMILES string of the molecule is C=C/C=C(\C)S(N)(=O)=N[Si](C)(C)C(C)(C)C. The first-order chi connectivity index (χ1) is 6.94. The van der Waals surface area contributed by atoms with Gasteiger partial charge in [-0.2, -0.15) is 0 Å². The van der Waals surface area contributed by atoms with Gasteiger partial charge in [-0.05, 0) is 31.1 Å². The highest BCUT2D eigenvalue weighted by Crippen LogP contribution is 2.37. The summed E-state index contributed by atoms with van der Waals surface area (Å²) in [5.74, 6) is 0. The maximum Gasteiger partial charge on any atom is 0.194 e. The normalized spacial score (nSPS) is 17.8. The lowest BCUT2D eigenvalue weighted by atomic mass is 10.2. The van der Waals surface area contributed by atoms with Crippen LogP contribution in [0.1, 0.15) is 27.7 Å². The van der Waals surface area contributed by atoms with Crippen molar-refractivity contribution in [3.8, 4) is 0 Å². The molecule has 5 heteroatoms. The molecular formula is C11H24N2OSSi. The van der Waals surface area contributed by atoms with Crippen molar-refractivity contribution in [2.24, 2.45) is 9.17 Å². The van der Waals surface area contributed by atoms with Crippen molar-refractivity contribution in [1.82, 2.24) is 0 Å². The van der Waals surface area contributed by atoms with Crippen molar-refractivity contribution >= 4 is 18.2 Å². The molecule has 0 radical (unpaired) electrons. The molecule has 0 aromatic rings. The van der Waals surface area contributed by atoms with Gasteiger partial charge < -0.3 is 0 Å². The highest BCUT2D eigenvalue weighted by molar-refractivity contribution is 7.95. The Morgan fingerprint density at radius 3 is 2.19 bits per heavy atom. The maximum absolute atomic E-state index is 12.3. The third-order valence-electron chi connectivity index (χ3n) is 3.01. The fraction of sp³-hybridized carbons (Fsp3) is 0.636. The van der Waals surface area contributed by atoms with E-state index in [4.69, 9.17) is 5.14 Å². The minimum atomic E-state index is -2.74. The summed E-state index contributed by atoms with van der Waals surface area (Å²) in [6.45, 7) is 15.8. The van der Waals surface area contributed by atoms with Crippen molar-refractivity contribution in [3.05, 3.63) is 23.6 Å². The van der Waals surface area contributed by atoms with Crippen LogP contribution in [0.15, 0.2) is 27.7 Å². The van der Waals surface area contributed by atoms with Crippen molar-refractivity contribution in [3.63, 3.8) is 0 Å². The summed E-state index contributed by atoms with van der Waals surface area (Å²) < 4.78 is 16.7. The van der Waals surface area contributed by atoms with Crippen LogP contribution in [0.4, 0.5) is 0 Å². The molecule has 2 N–H and O–H groups in total. The lowest BCUT2D eigenvalue weighted by molar-refractivity contribution is 0.679. The van der Waals surface area contributed by atoms with Gasteiger partial charge in [0.1, 0.15) is 9.92 Å². The Labute approximate surface area is 101 Å². The number of hydrogen-bond acceptors (Lipinski definition) is 2. The summed E-state index contributed by atoms with van der Waals surface area (Å²) in [5, 5.41) is 5.85. The fourth-order valence-electron chi connectivity index (χ4n) is 0.811. The number of nitrogens with zero attached hydrogens (tertiary/aromatic N) is 1. The van der Waals surface area contributed by atoms with Crippen molar-refractivity contribution in [2.75, 3.05) is 0 Å². The van der Waals surface area contributed by atoms with E-state index < -0.39 is 18.2 Å². The van der Waals surface area contributed by atoms with Crippen LogP contribution in [0.2, 0.25) is 18.1 Å². The second-order valence-electron chi connectivity index (χ2n) is 5.48. The maximum atomic E-state index is 12.3. The molecule has 0 bridgehead atoms. The van der Waals surface area contributed by atoms with Crippen molar-refractivity contribution < 1.29 is 4.21 Å². The third kappa shape index (κ3) is 3.88. The van der Waals surface area contributed by atoms with E-state index in [-0.39, 0.29) is 5.04 Å². The molecule has 0 aliphatic heterocycles. The largest absolute Gasteiger partial charge is 0.262 e. The summed E-state index contributed by atoms with van der Waals surface area (Å²) in [4.78, 5) is 0.590.